The molecule has 3 rings (SSSR count). The van der Waals surface area contributed by atoms with Crippen molar-refractivity contribution < 1.29 is 0 Å². The molecule has 1 aromatic carbocycles. The van der Waals surface area contributed by atoms with E-state index >= 15 is 0 Å². The summed E-state index contributed by atoms with van der Waals surface area (Å²) < 4.78 is 1.84. The molecule has 102 valence electrons. The number of rotatable bonds is 4. The minimum Gasteiger partial charge on any atom is -0.313 e. The molecule has 0 aliphatic rings. The van der Waals surface area contributed by atoms with E-state index in [1.54, 1.807) is 0 Å². The summed E-state index contributed by atoms with van der Waals surface area (Å²) in [5.74, 6) is 0. The highest BCUT2D eigenvalue weighted by molar-refractivity contribution is 5.82. The van der Waals surface area contributed by atoms with Crippen LogP contribution in [0.15, 0.2) is 48.8 Å². The first-order chi connectivity index (χ1) is 9.78. The monoisotopic (exact) mass is 266 g/mol. The Morgan fingerprint density at radius 3 is 2.80 bits per heavy atom. The van der Waals surface area contributed by atoms with Crippen molar-refractivity contribution in [3.05, 3.63) is 60.0 Å². The third-order valence-corrected chi connectivity index (χ3v) is 3.57. The van der Waals surface area contributed by atoms with E-state index < -0.39 is 0 Å². The summed E-state index contributed by atoms with van der Waals surface area (Å²) in [7, 11) is 3.92. The second-order valence-electron chi connectivity index (χ2n) is 4.95. The minimum absolute atomic E-state index is 0.212. The number of hydrogen-bond donors (Lipinski definition) is 1. The summed E-state index contributed by atoms with van der Waals surface area (Å²) >= 11 is 0. The number of aryl methyl sites for hydroxylation is 1. The van der Waals surface area contributed by atoms with Crippen molar-refractivity contribution in [2.75, 3.05) is 7.05 Å². The zero-order chi connectivity index (χ0) is 13.9. The van der Waals surface area contributed by atoms with Gasteiger partial charge in [0.05, 0.1) is 11.2 Å². The number of likely N-dealkylation sites (N-methyl/N-ethyl adjacent to an activating group) is 1. The van der Waals surface area contributed by atoms with Gasteiger partial charge >= 0.3 is 0 Å². The van der Waals surface area contributed by atoms with Gasteiger partial charge in [-0.1, -0.05) is 24.3 Å². The summed E-state index contributed by atoms with van der Waals surface area (Å²) in [5.41, 5.74) is 3.36. The molecule has 1 atom stereocenters. The molecular formula is C16H18N4. The first-order valence-electron chi connectivity index (χ1n) is 6.77. The zero-order valence-electron chi connectivity index (χ0n) is 11.7. The highest BCUT2D eigenvalue weighted by Gasteiger charge is 2.15. The average Bonchev–Trinajstić information content (AvgIpc) is 2.89. The van der Waals surface area contributed by atoms with Crippen LogP contribution in [0.1, 0.15) is 17.3 Å². The van der Waals surface area contributed by atoms with Crippen LogP contribution in [0.5, 0.6) is 0 Å². The first-order valence-corrected chi connectivity index (χ1v) is 6.77. The SMILES string of the molecule is CNC(Cc1ccn(C)n1)c1cccc2cccnc12. The third-order valence-electron chi connectivity index (χ3n) is 3.57. The van der Waals surface area contributed by atoms with E-state index in [0.29, 0.717) is 0 Å². The quantitative estimate of drug-likeness (QED) is 0.789. The predicted molar refractivity (Wildman–Crippen MR) is 80.5 cm³/mol. The second-order valence-corrected chi connectivity index (χ2v) is 4.95. The number of fused-ring (bicyclic) bond motifs is 1. The van der Waals surface area contributed by atoms with Crippen LogP contribution < -0.4 is 5.32 Å². The Kier molecular flexibility index (Phi) is 3.48. The maximum Gasteiger partial charge on any atom is 0.0749 e. The van der Waals surface area contributed by atoms with E-state index in [2.05, 4.69) is 45.7 Å². The molecule has 0 saturated carbocycles. The maximum absolute atomic E-state index is 4.53. The highest BCUT2D eigenvalue weighted by Crippen LogP contribution is 2.24. The molecule has 4 nitrogen and oxygen atoms in total. The molecule has 0 aliphatic carbocycles. The van der Waals surface area contributed by atoms with Crippen LogP contribution in [0.3, 0.4) is 0 Å². The Bertz CT molecular complexity index is 712. The molecule has 0 bridgehead atoms. The van der Waals surface area contributed by atoms with Crippen molar-refractivity contribution in [3.8, 4) is 0 Å². The van der Waals surface area contributed by atoms with E-state index in [1.807, 2.05) is 37.2 Å². The number of nitrogens with zero attached hydrogens (tertiary/aromatic N) is 3. The van der Waals surface area contributed by atoms with Crippen LogP contribution in [-0.4, -0.2) is 21.8 Å². The zero-order valence-corrected chi connectivity index (χ0v) is 11.7. The molecule has 0 amide bonds. The van der Waals surface area contributed by atoms with Crippen molar-refractivity contribution in [1.82, 2.24) is 20.1 Å². The normalized spacial score (nSPS) is 12.7. The van der Waals surface area contributed by atoms with Crippen molar-refractivity contribution in [1.29, 1.82) is 0 Å². The minimum atomic E-state index is 0.212. The number of aromatic nitrogens is 3. The highest BCUT2D eigenvalue weighted by atomic mass is 15.2. The number of hydrogen-bond acceptors (Lipinski definition) is 3. The largest absolute Gasteiger partial charge is 0.313 e. The number of benzene rings is 1. The molecule has 0 radical (unpaired) electrons. The molecule has 0 saturated heterocycles. The molecule has 1 unspecified atom stereocenters. The third kappa shape index (κ3) is 2.42. The molecule has 3 aromatic rings. The molecule has 0 aliphatic heterocycles. The predicted octanol–water partition coefficient (Wildman–Crippen LogP) is 2.47. The van der Waals surface area contributed by atoms with Crippen molar-refractivity contribution in [2.45, 2.75) is 12.5 Å². The van der Waals surface area contributed by atoms with Gasteiger partial charge in [-0.2, -0.15) is 5.10 Å². The van der Waals surface area contributed by atoms with Crippen LogP contribution in [0, 0.1) is 0 Å². The molecule has 2 aromatic heterocycles. The fraction of sp³-hybridized carbons (Fsp3) is 0.250. The van der Waals surface area contributed by atoms with Gasteiger partial charge in [-0.25, -0.2) is 0 Å². The van der Waals surface area contributed by atoms with Crippen LogP contribution in [-0.2, 0) is 13.5 Å². The van der Waals surface area contributed by atoms with Gasteiger partial charge in [-0.05, 0) is 24.7 Å². The van der Waals surface area contributed by atoms with E-state index in [1.165, 1.54) is 10.9 Å². The van der Waals surface area contributed by atoms with Gasteiger partial charge in [0.25, 0.3) is 0 Å². The lowest BCUT2D eigenvalue weighted by atomic mass is 9.99. The van der Waals surface area contributed by atoms with Gasteiger partial charge in [0.1, 0.15) is 0 Å². The van der Waals surface area contributed by atoms with E-state index in [-0.39, 0.29) is 6.04 Å². The Hall–Kier alpha value is -2.20. The molecule has 4 heteroatoms. The Morgan fingerprint density at radius 2 is 2.05 bits per heavy atom. The number of pyridine rings is 1. The van der Waals surface area contributed by atoms with Crippen LogP contribution in [0.25, 0.3) is 10.9 Å². The van der Waals surface area contributed by atoms with Crippen molar-refractivity contribution in [3.63, 3.8) is 0 Å². The Balaban J connectivity index is 1.98. The van der Waals surface area contributed by atoms with E-state index in [4.69, 9.17) is 0 Å². The smallest absolute Gasteiger partial charge is 0.0749 e. The van der Waals surface area contributed by atoms with Gasteiger partial charge in [-0.3, -0.25) is 9.67 Å². The van der Waals surface area contributed by atoms with Gasteiger partial charge < -0.3 is 5.32 Å². The first kappa shape index (κ1) is 12.8. The summed E-state index contributed by atoms with van der Waals surface area (Å²) in [6, 6.07) is 12.7. The van der Waals surface area contributed by atoms with Gasteiger partial charge in [0.2, 0.25) is 0 Å². The maximum atomic E-state index is 4.53. The van der Waals surface area contributed by atoms with Gasteiger partial charge in [0, 0.05) is 37.3 Å². The molecular weight excluding hydrogens is 248 g/mol. The van der Waals surface area contributed by atoms with Crippen LogP contribution in [0.4, 0.5) is 0 Å². The lowest BCUT2D eigenvalue weighted by Crippen LogP contribution is -2.19. The fourth-order valence-electron chi connectivity index (χ4n) is 2.56. The molecule has 0 spiro atoms. The molecule has 2 heterocycles. The van der Waals surface area contributed by atoms with E-state index in [9.17, 15) is 0 Å². The lowest BCUT2D eigenvalue weighted by Gasteiger charge is -2.17. The van der Waals surface area contributed by atoms with Crippen LogP contribution in [0.2, 0.25) is 0 Å². The molecule has 0 fully saturated rings. The van der Waals surface area contributed by atoms with Crippen molar-refractivity contribution >= 4 is 10.9 Å². The lowest BCUT2D eigenvalue weighted by molar-refractivity contribution is 0.580. The number of nitrogens with one attached hydrogen (secondary N) is 1. The van der Waals surface area contributed by atoms with Gasteiger partial charge in [0.15, 0.2) is 0 Å². The molecule has 20 heavy (non-hydrogen) atoms. The Morgan fingerprint density at radius 1 is 1.20 bits per heavy atom. The average molecular weight is 266 g/mol. The topological polar surface area (TPSA) is 42.7 Å². The van der Waals surface area contributed by atoms with E-state index in [0.717, 1.165) is 17.6 Å². The summed E-state index contributed by atoms with van der Waals surface area (Å²) in [4.78, 5) is 4.53. The Labute approximate surface area is 118 Å². The van der Waals surface area contributed by atoms with Crippen LogP contribution >= 0.6 is 0 Å². The molecule has 1 N–H and O–H groups in total. The summed E-state index contributed by atoms with van der Waals surface area (Å²) in [6.07, 6.45) is 4.68. The fourth-order valence-corrected chi connectivity index (χ4v) is 2.56. The standard InChI is InChI=1S/C16H18N4/c1-17-15(11-13-8-10-20(2)19-13)14-7-3-5-12-6-4-9-18-16(12)14/h3-10,15,17H,11H2,1-2H3. The van der Waals surface area contributed by atoms with Crippen molar-refractivity contribution in [2.24, 2.45) is 7.05 Å². The summed E-state index contributed by atoms with van der Waals surface area (Å²) in [6.45, 7) is 0. The van der Waals surface area contributed by atoms with Gasteiger partial charge in [-0.15, -0.1) is 0 Å². The number of para-hydroxylation sites is 1. The summed E-state index contributed by atoms with van der Waals surface area (Å²) in [5, 5.41) is 9.01. The second kappa shape index (κ2) is 5.43.